The normalized spacial score (nSPS) is 16.9. The summed E-state index contributed by atoms with van der Waals surface area (Å²) in [7, 11) is 0. The van der Waals surface area contributed by atoms with E-state index in [1.54, 1.807) is 11.8 Å². The minimum atomic E-state index is 0.0589. The zero-order valence-corrected chi connectivity index (χ0v) is 18.7. The number of piperazine rings is 1. The Morgan fingerprint density at radius 2 is 1.78 bits per heavy atom. The number of imidazole rings is 1. The molecule has 2 fully saturated rings. The Hall–Kier alpha value is -2.84. The third-order valence-electron chi connectivity index (χ3n) is 5.91. The van der Waals surface area contributed by atoms with Gasteiger partial charge >= 0.3 is 0 Å². The Kier molecular flexibility index (Phi) is 6.14. The first-order valence-corrected chi connectivity index (χ1v) is 12.1. The number of hydrogen-bond donors (Lipinski definition) is 2. The van der Waals surface area contributed by atoms with Crippen molar-refractivity contribution in [2.24, 2.45) is 0 Å². The van der Waals surface area contributed by atoms with Crippen LogP contribution < -0.4 is 5.32 Å². The number of benzene rings is 2. The van der Waals surface area contributed by atoms with E-state index in [1.807, 2.05) is 53.4 Å². The number of fused-ring (bicyclic) bond motifs is 1. The van der Waals surface area contributed by atoms with E-state index in [0.717, 1.165) is 53.4 Å². The lowest BCUT2D eigenvalue weighted by atomic mass is 10.1. The molecule has 1 aliphatic heterocycles. The van der Waals surface area contributed by atoms with E-state index in [4.69, 9.17) is 0 Å². The van der Waals surface area contributed by atoms with E-state index >= 15 is 0 Å². The summed E-state index contributed by atoms with van der Waals surface area (Å²) in [5.41, 5.74) is 3.88. The van der Waals surface area contributed by atoms with Gasteiger partial charge in [-0.05, 0) is 42.7 Å². The lowest BCUT2D eigenvalue weighted by molar-refractivity contribution is -0.122. The number of rotatable bonds is 7. The topological polar surface area (TPSA) is 81.3 Å². The highest BCUT2D eigenvalue weighted by atomic mass is 32.2. The van der Waals surface area contributed by atoms with Gasteiger partial charge in [-0.1, -0.05) is 36.0 Å². The van der Waals surface area contributed by atoms with Crippen LogP contribution in [-0.4, -0.2) is 70.3 Å². The molecule has 8 heteroatoms. The van der Waals surface area contributed by atoms with Gasteiger partial charge in [0.05, 0.1) is 17.6 Å². The van der Waals surface area contributed by atoms with Gasteiger partial charge < -0.3 is 15.2 Å². The van der Waals surface area contributed by atoms with E-state index in [0.29, 0.717) is 31.2 Å². The van der Waals surface area contributed by atoms with E-state index in [9.17, 15) is 9.59 Å². The molecule has 1 saturated heterocycles. The van der Waals surface area contributed by atoms with Gasteiger partial charge in [0.2, 0.25) is 5.91 Å². The molecule has 3 aromatic rings. The number of carbonyl (C=O) groups is 2. The van der Waals surface area contributed by atoms with Gasteiger partial charge in [-0.25, -0.2) is 4.98 Å². The molecule has 7 nitrogen and oxygen atoms in total. The summed E-state index contributed by atoms with van der Waals surface area (Å²) in [5, 5.41) is 3.92. The second-order valence-corrected chi connectivity index (χ2v) is 9.42. The number of nitrogens with one attached hydrogen (secondary N) is 2. The summed E-state index contributed by atoms with van der Waals surface area (Å²) in [6.45, 7) is 3.20. The van der Waals surface area contributed by atoms with Crippen LogP contribution >= 0.6 is 11.8 Å². The molecule has 1 aromatic heterocycles. The molecule has 2 aliphatic rings. The number of aromatic nitrogens is 2. The van der Waals surface area contributed by atoms with Crippen molar-refractivity contribution in [1.29, 1.82) is 0 Å². The van der Waals surface area contributed by atoms with Crippen LogP contribution in [0.5, 0.6) is 0 Å². The monoisotopic (exact) mass is 449 g/mol. The van der Waals surface area contributed by atoms with E-state index < -0.39 is 0 Å². The fourth-order valence-electron chi connectivity index (χ4n) is 3.89. The Bertz CT molecular complexity index is 1070. The predicted molar refractivity (Wildman–Crippen MR) is 126 cm³/mol. The van der Waals surface area contributed by atoms with Gasteiger partial charge in [0.15, 0.2) is 5.16 Å². The van der Waals surface area contributed by atoms with E-state index in [1.165, 1.54) is 0 Å². The number of H-pyrrole nitrogens is 1. The van der Waals surface area contributed by atoms with Crippen LogP contribution in [0.3, 0.4) is 0 Å². The van der Waals surface area contributed by atoms with Crippen molar-refractivity contribution in [3.05, 3.63) is 59.7 Å². The molecule has 2 N–H and O–H groups in total. The van der Waals surface area contributed by atoms with Crippen molar-refractivity contribution in [1.82, 2.24) is 25.1 Å². The molecule has 0 radical (unpaired) electrons. The summed E-state index contributed by atoms with van der Waals surface area (Å²) in [4.78, 5) is 36.8. The SMILES string of the molecule is O=C(CN1CCN(C(=O)c2ccc(CSc3nc4ccccc4[nH]3)cc2)CC1)NC1CC1. The van der Waals surface area contributed by atoms with Gasteiger partial charge in [-0.3, -0.25) is 14.5 Å². The highest BCUT2D eigenvalue weighted by molar-refractivity contribution is 7.98. The van der Waals surface area contributed by atoms with Gasteiger partial charge in [-0.15, -0.1) is 0 Å². The number of hydrogen-bond acceptors (Lipinski definition) is 5. The molecule has 32 heavy (non-hydrogen) atoms. The number of thioether (sulfide) groups is 1. The van der Waals surface area contributed by atoms with Gasteiger partial charge in [-0.2, -0.15) is 0 Å². The fraction of sp³-hybridized carbons (Fsp3) is 0.375. The zero-order chi connectivity index (χ0) is 21.9. The van der Waals surface area contributed by atoms with Gasteiger partial charge in [0, 0.05) is 43.5 Å². The van der Waals surface area contributed by atoms with Crippen LogP contribution in [0.25, 0.3) is 11.0 Å². The van der Waals surface area contributed by atoms with Crippen molar-refractivity contribution in [3.63, 3.8) is 0 Å². The first-order valence-electron chi connectivity index (χ1n) is 11.1. The summed E-state index contributed by atoms with van der Waals surface area (Å²) >= 11 is 1.65. The van der Waals surface area contributed by atoms with Crippen molar-refractivity contribution >= 4 is 34.6 Å². The highest BCUT2D eigenvalue weighted by Crippen LogP contribution is 2.23. The fourth-order valence-corrected chi connectivity index (χ4v) is 4.73. The lowest BCUT2D eigenvalue weighted by Gasteiger charge is -2.34. The third-order valence-corrected chi connectivity index (χ3v) is 6.86. The third kappa shape index (κ3) is 5.14. The average molecular weight is 450 g/mol. The molecule has 0 atom stereocenters. The largest absolute Gasteiger partial charge is 0.352 e. The second-order valence-electron chi connectivity index (χ2n) is 8.45. The standard InChI is InChI=1S/C24H27N5O2S/c30-22(25-19-9-10-19)15-28-11-13-29(14-12-28)23(31)18-7-5-17(6-8-18)16-32-24-26-20-3-1-2-4-21(20)27-24/h1-8,19H,9-16H2,(H,25,30)(H,26,27). The van der Waals surface area contributed by atoms with Crippen molar-refractivity contribution in [3.8, 4) is 0 Å². The van der Waals surface area contributed by atoms with Crippen molar-refractivity contribution < 1.29 is 9.59 Å². The number of carbonyl (C=O) groups excluding carboxylic acids is 2. The first kappa shape index (κ1) is 21.0. The summed E-state index contributed by atoms with van der Waals surface area (Å²) in [6, 6.07) is 16.2. The maximum atomic E-state index is 12.9. The zero-order valence-electron chi connectivity index (χ0n) is 17.9. The van der Waals surface area contributed by atoms with Crippen molar-refractivity contribution in [2.45, 2.75) is 29.8 Å². The molecule has 1 aliphatic carbocycles. The summed E-state index contributed by atoms with van der Waals surface area (Å²) in [5.74, 6) is 0.947. The summed E-state index contributed by atoms with van der Waals surface area (Å²) < 4.78 is 0. The summed E-state index contributed by atoms with van der Waals surface area (Å²) in [6.07, 6.45) is 2.21. The molecule has 2 amide bonds. The lowest BCUT2D eigenvalue weighted by Crippen LogP contribution is -2.51. The molecule has 1 saturated carbocycles. The maximum absolute atomic E-state index is 12.9. The van der Waals surface area contributed by atoms with Crippen LogP contribution in [0, 0.1) is 0 Å². The van der Waals surface area contributed by atoms with Crippen LogP contribution in [0.15, 0.2) is 53.7 Å². The van der Waals surface area contributed by atoms with Crippen LogP contribution in [0.2, 0.25) is 0 Å². The Morgan fingerprint density at radius 1 is 1.03 bits per heavy atom. The van der Waals surface area contributed by atoms with Crippen LogP contribution in [0.1, 0.15) is 28.8 Å². The van der Waals surface area contributed by atoms with E-state index in [2.05, 4.69) is 20.2 Å². The van der Waals surface area contributed by atoms with Gasteiger partial charge in [0.25, 0.3) is 5.91 Å². The maximum Gasteiger partial charge on any atom is 0.253 e. The minimum Gasteiger partial charge on any atom is -0.352 e. The number of para-hydroxylation sites is 2. The predicted octanol–water partition coefficient (Wildman–Crippen LogP) is 2.89. The number of amides is 2. The first-order chi connectivity index (χ1) is 15.6. The minimum absolute atomic E-state index is 0.0589. The second kappa shape index (κ2) is 9.34. The molecule has 2 heterocycles. The molecule has 0 spiro atoms. The molecule has 0 unspecified atom stereocenters. The van der Waals surface area contributed by atoms with E-state index in [-0.39, 0.29) is 11.8 Å². The Balaban J connectivity index is 1.10. The molecule has 5 rings (SSSR count). The quantitative estimate of drug-likeness (QED) is 0.542. The smallest absolute Gasteiger partial charge is 0.253 e. The molecular weight excluding hydrogens is 422 g/mol. The molecular formula is C24H27N5O2S. The Labute approximate surface area is 191 Å². The number of aromatic amines is 1. The molecule has 0 bridgehead atoms. The van der Waals surface area contributed by atoms with Crippen LogP contribution in [0.4, 0.5) is 0 Å². The Morgan fingerprint density at radius 3 is 2.50 bits per heavy atom. The number of nitrogens with zero attached hydrogens (tertiary/aromatic N) is 3. The van der Waals surface area contributed by atoms with Crippen molar-refractivity contribution in [2.75, 3.05) is 32.7 Å². The molecule has 166 valence electrons. The highest BCUT2D eigenvalue weighted by Gasteiger charge is 2.26. The van der Waals surface area contributed by atoms with Gasteiger partial charge in [0.1, 0.15) is 0 Å². The van der Waals surface area contributed by atoms with Crippen LogP contribution in [-0.2, 0) is 10.5 Å². The molecule has 2 aromatic carbocycles. The average Bonchev–Trinajstić information content (AvgIpc) is 3.53.